The molecule has 0 unspecified atom stereocenters. The lowest BCUT2D eigenvalue weighted by molar-refractivity contribution is -0.115. The van der Waals surface area contributed by atoms with Crippen molar-refractivity contribution < 1.29 is 14.7 Å². The van der Waals surface area contributed by atoms with Gasteiger partial charge in [-0.2, -0.15) is 0 Å². The van der Waals surface area contributed by atoms with Gasteiger partial charge < -0.3 is 10.4 Å². The maximum absolute atomic E-state index is 11.8. The monoisotopic (exact) mass is 302 g/mol. The Hall–Kier alpha value is -2.34. The maximum Gasteiger partial charge on any atom is 0.356 e. The normalized spacial score (nSPS) is 10.1. The molecule has 0 fully saturated rings. The number of nitrogens with zero attached hydrogens (tertiary/aromatic N) is 1. The van der Waals surface area contributed by atoms with E-state index in [2.05, 4.69) is 10.3 Å². The van der Waals surface area contributed by atoms with E-state index in [1.165, 1.54) is 12.3 Å². The van der Waals surface area contributed by atoms with Crippen LogP contribution in [0, 0.1) is 0 Å². The second-order valence-electron chi connectivity index (χ2n) is 4.16. The van der Waals surface area contributed by atoms with E-state index in [0.29, 0.717) is 12.2 Å². The van der Waals surface area contributed by atoms with E-state index in [1.807, 2.05) is 30.3 Å². The number of carboxylic acid groups (broad SMARTS) is 1. The van der Waals surface area contributed by atoms with Crippen LogP contribution in [0.2, 0.25) is 0 Å². The van der Waals surface area contributed by atoms with Crippen molar-refractivity contribution >= 4 is 29.3 Å². The van der Waals surface area contributed by atoms with Crippen LogP contribution < -0.4 is 5.32 Å². The minimum absolute atomic E-state index is 0.151. The first-order valence-corrected chi connectivity index (χ1v) is 7.31. The van der Waals surface area contributed by atoms with E-state index in [9.17, 15) is 9.59 Å². The number of aromatic carboxylic acids is 1. The van der Waals surface area contributed by atoms with Crippen molar-refractivity contribution in [1.82, 2.24) is 4.98 Å². The summed E-state index contributed by atoms with van der Waals surface area (Å²) in [6, 6.07) is 12.9. The van der Waals surface area contributed by atoms with E-state index in [1.54, 1.807) is 17.8 Å². The van der Waals surface area contributed by atoms with Crippen molar-refractivity contribution in [3.63, 3.8) is 0 Å². The number of pyridine rings is 1. The highest BCUT2D eigenvalue weighted by Gasteiger charge is 2.13. The van der Waals surface area contributed by atoms with E-state index >= 15 is 0 Å². The number of aromatic nitrogens is 1. The number of anilines is 1. The summed E-state index contributed by atoms with van der Waals surface area (Å²) in [5, 5.41) is 11.6. The van der Waals surface area contributed by atoms with E-state index in [-0.39, 0.29) is 17.3 Å². The first kappa shape index (κ1) is 15.1. The molecule has 21 heavy (non-hydrogen) atoms. The van der Waals surface area contributed by atoms with Crippen molar-refractivity contribution in [1.29, 1.82) is 0 Å². The molecule has 5 nitrogen and oxygen atoms in total. The zero-order valence-corrected chi connectivity index (χ0v) is 12.0. The summed E-state index contributed by atoms with van der Waals surface area (Å²) in [5.41, 5.74) is 0.0706. The molecule has 1 aromatic heterocycles. The lowest BCUT2D eigenvalue weighted by Crippen LogP contribution is -2.15. The molecule has 2 N–H and O–H groups in total. The number of hydrogen-bond donors (Lipinski definition) is 2. The average molecular weight is 302 g/mol. The first-order chi connectivity index (χ1) is 10.2. The Morgan fingerprint density at radius 1 is 1.14 bits per heavy atom. The first-order valence-electron chi connectivity index (χ1n) is 6.33. The predicted octanol–water partition coefficient (Wildman–Crippen LogP) is 2.90. The van der Waals surface area contributed by atoms with Crippen molar-refractivity contribution in [2.45, 2.75) is 11.3 Å². The topological polar surface area (TPSA) is 79.3 Å². The molecule has 6 heteroatoms. The number of rotatable bonds is 6. The summed E-state index contributed by atoms with van der Waals surface area (Å²) in [6.45, 7) is 0. The minimum atomic E-state index is -1.16. The molecular formula is C15H14N2O3S. The summed E-state index contributed by atoms with van der Waals surface area (Å²) in [6.07, 6.45) is 1.68. The van der Waals surface area contributed by atoms with Gasteiger partial charge in [0.25, 0.3) is 0 Å². The second-order valence-corrected chi connectivity index (χ2v) is 5.33. The molecule has 2 rings (SSSR count). The van der Waals surface area contributed by atoms with Gasteiger partial charge in [-0.05, 0) is 24.3 Å². The predicted molar refractivity (Wildman–Crippen MR) is 81.6 cm³/mol. The number of amides is 1. The van der Waals surface area contributed by atoms with Crippen LogP contribution in [0.5, 0.6) is 0 Å². The lowest BCUT2D eigenvalue weighted by atomic mass is 10.3. The summed E-state index contributed by atoms with van der Waals surface area (Å²) in [7, 11) is 0. The van der Waals surface area contributed by atoms with Gasteiger partial charge in [0.05, 0.1) is 5.69 Å². The van der Waals surface area contributed by atoms with Gasteiger partial charge in [0.2, 0.25) is 5.91 Å². The molecule has 1 amide bonds. The van der Waals surface area contributed by atoms with Crippen LogP contribution in [-0.4, -0.2) is 27.7 Å². The summed E-state index contributed by atoms with van der Waals surface area (Å²) >= 11 is 1.58. The fraction of sp³-hybridized carbons (Fsp3) is 0.133. The standard InChI is InChI=1S/C15H14N2O3S/c18-13(8-10-21-11-5-2-1-3-6-11)17-12-7-4-9-16-14(12)15(19)20/h1-7,9H,8,10H2,(H,17,18)(H,19,20). The van der Waals surface area contributed by atoms with Gasteiger partial charge in [0.1, 0.15) is 0 Å². The molecule has 1 aromatic carbocycles. The summed E-state index contributed by atoms with van der Waals surface area (Å²) in [5.74, 6) is -0.767. The van der Waals surface area contributed by atoms with Crippen LogP contribution >= 0.6 is 11.8 Å². The van der Waals surface area contributed by atoms with Gasteiger partial charge in [-0.1, -0.05) is 18.2 Å². The Morgan fingerprint density at radius 3 is 2.62 bits per heavy atom. The van der Waals surface area contributed by atoms with Crippen LogP contribution in [0.1, 0.15) is 16.9 Å². The Morgan fingerprint density at radius 2 is 1.90 bits per heavy atom. The largest absolute Gasteiger partial charge is 0.476 e. The molecular weight excluding hydrogens is 288 g/mol. The Labute approximate surface area is 126 Å². The SMILES string of the molecule is O=C(CCSc1ccccc1)Nc1cccnc1C(=O)O. The van der Waals surface area contributed by atoms with Crippen molar-refractivity contribution in [2.75, 3.05) is 11.1 Å². The van der Waals surface area contributed by atoms with Crippen molar-refractivity contribution in [3.8, 4) is 0 Å². The number of carbonyl (C=O) groups is 2. The maximum atomic E-state index is 11.8. The van der Waals surface area contributed by atoms with Crippen LogP contribution in [0.3, 0.4) is 0 Å². The summed E-state index contributed by atoms with van der Waals surface area (Å²) < 4.78 is 0. The molecule has 0 saturated carbocycles. The average Bonchev–Trinajstić information content (AvgIpc) is 2.48. The van der Waals surface area contributed by atoms with Gasteiger partial charge in [-0.15, -0.1) is 11.8 Å². The van der Waals surface area contributed by atoms with Gasteiger partial charge in [-0.3, -0.25) is 4.79 Å². The molecule has 0 aliphatic rings. The third-order valence-corrected chi connectivity index (χ3v) is 3.64. The van der Waals surface area contributed by atoms with Crippen LogP contribution in [-0.2, 0) is 4.79 Å². The third-order valence-electron chi connectivity index (χ3n) is 2.63. The minimum Gasteiger partial charge on any atom is -0.476 e. The number of benzene rings is 1. The second kappa shape index (κ2) is 7.44. The molecule has 0 atom stereocenters. The molecule has 0 spiro atoms. The van der Waals surface area contributed by atoms with Crippen LogP contribution in [0.4, 0.5) is 5.69 Å². The van der Waals surface area contributed by atoms with Gasteiger partial charge in [0.15, 0.2) is 5.69 Å². The van der Waals surface area contributed by atoms with Crippen LogP contribution in [0.15, 0.2) is 53.6 Å². The number of carboxylic acids is 1. The fourth-order valence-electron chi connectivity index (χ4n) is 1.67. The number of nitrogens with one attached hydrogen (secondary N) is 1. The van der Waals surface area contributed by atoms with Crippen molar-refractivity contribution in [3.05, 3.63) is 54.4 Å². The Balaban J connectivity index is 1.86. The van der Waals surface area contributed by atoms with Gasteiger partial charge >= 0.3 is 5.97 Å². The molecule has 0 bridgehead atoms. The van der Waals surface area contributed by atoms with E-state index in [0.717, 1.165) is 4.90 Å². The highest BCUT2D eigenvalue weighted by molar-refractivity contribution is 7.99. The highest BCUT2D eigenvalue weighted by Crippen LogP contribution is 2.18. The molecule has 0 aliphatic heterocycles. The quantitative estimate of drug-likeness (QED) is 0.802. The highest BCUT2D eigenvalue weighted by atomic mass is 32.2. The van der Waals surface area contributed by atoms with Gasteiger partial charge in [-0.25, -0.2) is 9.78 Å². The number of hydrogen-bond acceptors (Lipinski definition) is 4. The molecule has 2 aromatic rings. The summed E-state index contributed by atoms with van der Waals surface area (Å²) in [4.78, 5) is 27.7. The molecule has 0 radical (unpaired) electrons. The zero-order valence-electron chi connectivity index (χ0n) is 11.2. The van der Waals surface area contributed by atoms with E-state index < -0.39 is 5.97 Å². The lowest BCUT2D eigenvalue weighted by Gasteiger charge is -2.07. The molecule has 0 saturated heterocycles. The molecule has 0 aliphatic carbocycles. The van der Waals surface area contributed by atoms with Crippen molar-refractivity contribution in [2.24, 2.45) is 0 Å². The van der Waals surface area contributed by atoms with Gasteiger partial charge in [0, 0.05) is 23.3 Å². The Bertz CT molecular complexity index is 632. The molecule has 108 valence electrons. The third kappa shape index (κ3) is 4.61. The smallest absolute Gasteiger partial charge is 0.356 e. The fourth-order valence-corrected chi connectivity index (χ4v) is 2.54. The number of carbonyl (C=O) groups excluding carboxylic acids is 1. The van der Waals surface area contributed by atoms with Crippen LogP contribution in [0.25, 0.3) is 0 Å². The Kier molecular flexibility index (Phi) is 5.34. The van der Waals surface area contributed by atoms with E-state index in [4.69, 9.17) is 5.11 Å². The zero-order chi connectivity index (χ0) is 15.1. The molecule has 1 heterocycles. The number of thioether (sulfide) groups is 1.